The van der Waals surface area contributed by atoms with Gasteiger partial charge in [0.2, 0.25) is 0 Å². The molecule has 0 aliphatic heterocycles. The first-order valence-corrected chi connectivity index (χ1v) is 5.04. The number of hydrogen-bond acceptors (Lipinski definition) is 1. The van der Waals surface area contributed by atoms with Gasteiger partial charge in [-0.05, 0) is 25.5 Å². The maximum absolute atomic E-state index is 11.6. The van der Waals surface area contributed by atoms with E-state index in [-0.39, 0.29) is 11.9 Å². The van der Waals surface area contributed by atoms with Crippen molar-refractivity contribution in [2.45, 2.75) is 32.7 Å². The van der Waals surface area contributed by atoms with Crippen molar-refractivity contribution in [3.05, 3.63) is 35.9 Å². The van der Waals surface area contributed by atoms with Gasteiger partial charge in [-0.3, -0.25) is 4.79 Å². The highest BCUT2D eigenvalue weighted by atomic mass is 16.1. The van der Waals surface area contributed by atoms with Crippen LogP contribution in [0.5, 0.6) is 0 Å². The molecule has 1 unspecified atom stereocenters. The maximum atomic E-state index is 11.6. The van der Waals surface area contributed by atoms with E-state index in [1.165, 1.54) is 0 Å². The quantitative estimate of drug-likeness (QED) is 0.718. The van der Waals surface area contributed by atoms with Crippen LogP contribution in [0.4, 0.5) is 0 Å². The van der Waals surface area contributed by atoms with Crippen LogP contribution in [0.3, 0.4) is 0 Å². The van der Waals surface area contributed by atoms with Crippen LogP contribution in [-0.2, 0) is 0 Å². The summed E-state index contributed by atoms with van der Waals surface area (Å²) in [5, 5.41) is 4.10. The Hall–Kier alpha value is -1.31. The minimum Gasteiger partial charge on any atom is -0.267 e. The number of benzene rings is 1. The lowest BCUT2D eigenvalue weighted by atomic mass is 10.1. The molecule has 2 nitrogen and oxygen atoms in total. The lowest BCUT2D eigenvalue weighted by molar-refractivity contribution is 0.0933. The molecule has 1 atom stereocenters. The Bertz CT molecular complexity index is 282. The number of rotatable bonds is 4. The molecule has 1 radical (unpaired) electrons. The molecule has 0 bridgehead atoms. The Kier molecular flexibility index (Phi) is 4.17. The normalized spacial score (nSPS) is 12.1. The van der Waals surface area contributed by atoms with Gasteiger partial charge in [-0.25, -0.2) is 5.32 Å². The number of nitrogens with zero attached hydrogens (tertiary/aromatic N) is 1. The minimum atomic E-state index is -0.105. The first kappa shape index (κ1) is 10.8. The molecule has 2 heteroatoms. The zero-order valence-electron chi connectivity index (χ0n) is 8.73. The Labute approximate surface area is 85.3 Å². The highest BCUT2D eigenvalue weighted by molar-refractivity contribution is 5.94. The van der Waals surface area contributed by atoms with Gasteiger partial charge < -0.3 is 0 Å². The average molecular weight is 190 g/mol. The summed E-state index contributed by atoms with van der Waals surface area (Å²) in [6, 6.07) is 9.33. The molecule has 0 aromatic heterocycles. The van der Waals surface area contributed by atoms with Crippen LogP contribution in [-0.4, -0.2) is 11.9 Å². The van der Waals surface area contributed by atoms with Gasteiger partial charge in [0.05, 0.1) is 6.04 Å². The lowest BCUT2D eigenvalue weighted by Crippen LogP contribution is -2.24. The fourth-order valence-corrected chi connectivity index (χ4v) is 1.34. The van der Waals surface area contributed by atoms with E-state index in [1.807, 2.05) is 25.1 Å². The van der Waals surface area contributed by atoms with Gasteiger partial charge in [0.15, 0.2) is 0 Å². The molecular formula is C12H16NO. The highest BCUT2D eigenvalue weighted by Gasteiger charge is 2.09. The van der Waals surface area contributed by atoms with Gasteiger partial charge in [0.25, 0.3) is 5.91 Å². The summed E-state index contributed by atoms with van der Waals surface area (Å²) >= 11 is 0. The van der Waals surface area contributed by atoms with Crippen molar-refractivity contribution in [1.82, 2.24) is 5.32 Å². The van der Waals surface area contributed by atoms with Gasteiger partial charge in [-0.1, -0.05) is 31.5 Å². The van der Waals surface area contributed by atoms with E-state index in [2.05, 4.69) is 12.2 Å². The number of carbonyl (C=O) groups is 1. The molecule has 1 amide bonds. The third-order valence-electron chi connectivity index (χ3n) is 2.06. The van der Waals surface area contributed by atoms with Crippen molar-refractivity contribution >= 4 is 5.91 Å². The van der Waals surface area contributed by atoms with Crippen LogP contribution in [0, 0.1) is 0 Å². The van der Waals surface area contributed by atoms with Crippen LogP contribution >= 0.6 is 0 Å². The number of carbonyl (C=O) groups excluding carboxylic acids is 1. The van der Waals surface area contributed by atoms with Crippen molar-refractivity contribution in [3.8, 4) is 0 Å². The van der Waals surface area contributed by atoms with E-state index in [4.69, 9.17) is 0 Å². The van der Waals surface area contributed by atoms with E-state index in [9.17, 15) is 4.79 Å². The molecule has 0 saturated heterocycles. The zero-order chi connectivity index (χ0) is 10.4. The summed E-state index contributed by atoms with van der Waals surface area (Å²) in [7, 11) is 0. The standard InChI is InChI=1S/C12H16NO/c1-3-7-10(2)13-12(14)11-8-5-4-6-9-11/h4-6,8-10H,3,7H2,1-2H3. The molecule has 0 N–H and O–H groups in total. The first-order valence-electron chi connectivity index (χ1n) is 5.04. The van der Waals surface area contributed by atoms with Crippen molar-refractivity contribution in [2.24, 2.45) is 0 Å². The Morgan fingerprint density at radius 1 is 1.36 bits per heavy atom. The van der Waals surface area contributed by atoms with Crippen LogP contribution in [0.25, 0.3) is 0 Å². The molecule has 75 valence electrons. The molecule has 0 aliphatic carbocycles. The van der Waals surface area contributed by atoms with Crippen molar-refractivity contribution in [2.75, 3.05) is 0 Å². The molecule has 1 aromatic rings. The summed E-state index contributed by atoms with van der Waals surface area (Å²) in [6.45, 7) is 4.07. The van der Waals surface area contributed by atoms with Gasteiger partial charge in [-0.15, -0.1) is 0 Å². The van der Waals surface area contributed by atoms with E-state index in [1.54, 1.807) is 12.1 Å². The SMILES string of the molecule is CCCC(C)[N]C(=O)c1ccccc1. The monoisotopic (exact) mass is 190 g/mol. The highest BCUT2D eigenvalue weighted by Crippen LogP contribution is 2.02. The van der Waals surface area contributed by atoms with Gasteiger partial charge in [0.1, 0.15) is 0 Å². The number of amides is 1. The minimum absolute atomic E-state index is 0.105. The predicted octanol–water partition coefficient (Wildman–Crippen LogP) is 2.62. The van der Waals surface area contributed by atoms with Gasteiger partial charge in [-0.2, -0.15) is 0 Å². The van der Waals surface area contributed by atoms with Crippen molar-refractivity contribution in [3.63, 3.8) is 0 Å². The topological polar surface area (TPSA) is 31.2 Å². The molecule has 0 heterocycles. The molecule has 14 heavy (non-hydrogen) atoms. The third kappa shape index (κ3) is 3.21. The smallest absolute Gasteiger partial charge is 0.267 e. The van der Waals surface area contributed by atoms with Crippen molar-refractivity contribution < 1.29 is 4.79 Å². The molecule has 0 aliphatic rings. The predicted molar refractivity (Wildman–Crippen MR) is 57.3 cm³/mol. The average Bonchev–Trinajstić information content (AvgIpc) is 2.19. The maximum Gasteiger partial charge on any atom is 0.272 e. The summed E-state index contributed by atoms with van der Waals surface area (Å²) in [5.74, 6) is -0.105. The molecule has 0 spiro atoms. The van der Waals surface area contributed by atoms with E-state index < -0.39 is 0 Å². The largest absolute Gasteiger partial charge is 0.272 e. The van der Waals surface area contributed by atoms with E-state index in [0.29, 0.717) is 5.56 Å². The van der Waals surface area contributed by atoms with Gasteiger partial charge in [0, 0.05) is 5.56 Å². The third-order valence-corrected chi connectivity index (χ3v) is 2.06. The van der Waals surface area contributed by atoms with Crippen LogP contribution in [0.15, 0.2) is 30.3 Å². The Morgan fingerprint density at radius 3 is 2.57 bits per heavy atom. The number of hydrogen-bond donors (Lipinski definition) is 0. The fourth-order valence-electron chi connectivity index (χ4n) is 1.34. The molecular weight excluding hydrogens is 174 g/mol. The van der Waals surface area contributed by atoms with Crippen LogP contribution in [0.1, 0.15) is 37.0 Å². The van der Waals surface area contributed by atoms with Gasteiger partial charge >= 0.3 is 0 Å². The second kappa shape index (κ2) is 5.43. The second-order valence-electron chi connectivity index (χ2n) is 3.44. The van der Waals surface area contributed by atoms with Crippen LogP contribution in [0.2, 0.25) is 0 Å². The van der Waals surface area contributed by atoms with E-state index >= 15 is 0 Å². The van der Waals surface area contributed by atoms with Crippen LogP contribution < -0.4 is 5.32 Å². The fraction of sp³-hybridized carbons (Fsp3) is 0.417. The molecule has 0 fully saturated rings. The summed E-state index contributed by atoms with van der Waals surface area (Å²) in [5.41, 5.74) is 0.676. The van der Waals surface area contributed by atoms with E-state index in [0.717, 1.165) is 12.8 Å². The first-order chi connectivity index (χ1) is 6.74. The van der Waals surface area contributed by atoms with Crippen molar-refractivity contribution in [1.29, 1.82) is 0 Å². The molecule has 0 saturated carbocycles. The summed E-state index contributed by atoms with van der Waals surface area (Å²) in [6.07, 6.45) is 2.03. The second-order valence-corrected chi connectivity index (χ2v) is 3.44. The zero-order valence-corrected chi connectivity index (χ0v) is 8.73. The Balaban J connectivity index is 2.51. The Morgan fingerprint density at radius 2 is 2.00 bits per heavy atom. The molecule has 1 rings (SSSR count). The summed E-state index contributed by atoms with van der Waals surface area (Å²) in [4.78, 5) is 11.6. The molecule has 1 aromatic carbocycles. The lowest BCUT2D eigenvalue weighted by Gasteiger charge is -2.08. The summed E-state index contributed by atoms with van der Waals surface area (Å²) < 4.78 is 0.